The number of ether oxygens (including phenoxy) is 2. The molecular formula is C13H24O4. The molecule has 0 radical (unpaired) electrons. The van der Waals surface area contributed by atoms with E-state index in [4.69, 9.17) is 9.47 Å². The number of hydrogen-bond donors (Lipinski definition) is 0. The molecular weight excluding hydrogens is 220 g/mol. The maximum Gasteiger partial charge on any atom is 0.313 e. The number of Topliss-reactive ketones (excluding diaryl/α,β-unsaturated/α-hetero) is 1. The summed E-state index contributed by atoms with van der Waals surface area (Å²) in [4.78, 5) is 21.8. The number of carbonyl (C=O) groups excluding carboxylic acids is 2. The Morgan fingerprint density at radius 3 is 2.47 bits per heavy atom. The van der Waals surface area contributed by atoms with Gasteiger partial charge in [0.05, 0.1) is 6.61 Å². The lowest BCUT2D eigenvalue weighted by Gasteiger charge is -2.13. The van der Waals surface area contributed by atoms with Gasteiger partial charge in [-0.1, -0.05) is 26.2 Å². The molecule has 0 N–H and O–H groups in total. The molecule has 0 saturated heterocycles. The SMILES string of the molecule is CCCCCCOCC(C)OC(=O)CC(C)=O. The fourth-order valence-electron chi connectivity index (χ4n) is 1.38. The normalized spacial score (nSPS) is 12.2. The number of hydrogen-bond acceptors (Lipinski definition) is 4. The fourth-order valence-corrected chi connectivity index (χ4v) is 1.38. The molecule has 0 rings (SSSR count). The van der Waals surface area contributed by atoms with Gasteiger partial charge in [-0.15, -0.1) is 0 Å². The molecule has 0 amide bonds. The zero-order valence-electron chi connectivity index (χ0n) is 11.2. The van der Waals surface area contributed by atoms with E-state index in [2.05, 4.69) is 6.92 Å². The van der Waals surface area contributed by atoms with Crippen LogP contribution in [0.3, 0.4) is 0 Å². The van der Waals surface area contributed by atoms with Gasteiger partial charge in [-0.3, -0.25) is 9.59 Å². The molecule has 0 aliphatic carbocycles. The van der Waals surface area contributed by atoms with Crippen molar-refractivity contribution in [2.75, 3.05) is 13.2 Å². The minimum atomic E-state index is -0.473. The Morgan fingerprint density at radius 1 is 1.18 bits per heavy atom. The molecule has 17 heavy (non-hydrogen) atoms. The maximum absolute atomic E-state index is 11.1. The highest BCUT2D eigenvalue weighted by atomic mass is 16.6. The molecule has 4 heteroatoms. The van der Waals surface area contributed by atoms with Crippen molar-refractivity contribution >= 4 is 11.8 Å². The molecule has 100 valence electrons. The Morgan fingerprint density at radius 2 is 1.88 bits per heavy atom. The van der Waals surface area contributed by atoms with E-state index >= 15 is 0 Å². The van der Waals surface area contributed by atoms with Crippen LogP contribution in [0.2, 0.25) is 0 Å². The number of esters is 1. The van der Waals surface area contributed by atoms with Gasteiger partial charge in [0, 0.05) is 6.61 Å². The van der Waals surface area contributed by atoms with Crippen LogP contribution in [0, 0.1) is 0 Å². The molecule has 0 aliphatic heterocycles. The van der Waals surface area contributed by atoms with Gasteiger partial charge in [0.2, 0.25) is 0 Å². The quantitative estimate of drug-likeness (QED) is 0.336. The fraction of sp³-hybridized carbons (Fsp3) is 0.846. The molecule has 1 unspecified atom stereocenters. The number of unbranched alkanes of at least 4 members (excludes halogenated alkanes) is 3. The monoisotopic (exact) mass is 244 g/mol. The molecule has 0 heterocycles. The van der Waals surface area contributed by atoms with Crippen molar-refractivity contribution in [1.82, 2.24) is 0 Å². The molecule has 0 fully saturated rings. The summed E-state index contributed by atoms with van der Waals surface area (Å²) in [5, 5.41) is 0. The Hall–Kier alpha value is -0.900. The van der Waals surface area contributed by atoms with Crippen LogP contribution in [0.4, 0.5) is 0 Å². The molecule has 0 spiro atoms. The van der Waals surface area contributed by atoms with Crippen molar-refractivity contribution in [2.24, 2.45) is 0 Å². The van der Waals surface area contributed by atoms with E-state index in [1.54, 1.807) is 6.92 Å². The van der Waals surface area contributed by atoms with Gasteiger partial charge in [0.1, 0.15) is 18.3 Å². The van der Waals surface area contributed by atoms with Crippen molar-refractivity contribution in [3.05, 3.63) is 0 Å². The van der Waals surface area contributed by atoms with E-state index < -0.39 is 5.97 Å². The molecule has 0 aromatic carbocycles. The largest absolute Gasteiger partial charge is 0.460 e. The van der Waals surface area contributed by atoms with Crippen molar-refractivity contribution in [2.45, 2.75) is 59.0 Å². The molecule has 4 nitrogen and oxygen atoms in total. The minimum Gasteiger partial charge on any atom is -0.460 e. The summed E-state index contributed by atoms with van der Waals surface area (Å²) in [6.07, 6.45) is 4.22. The first-order valence-electron chi connectivity index (χ1n) is 6.33. The molecule has 0 saturated carbocycles. The van der Waals surface area contributed by atoms with E-state index in [0.29, 0.717) is 13.2 Å². The summed E-state index contributed by atoms with van der Waals surface area (Å²) >= 11 is 0. The third-order valence-corrected chi connectivity index (χ3v) is 2.22. The van der Waals surface area contributed by atoms with E-state index in [9.17, 15) is 9.59 Å². The van der Waals surface area contributed by atoms with E-state index in [0.717, 1.165) is 6.42 Å². The summed E-state index contributed by atoms with van der Waals surface area (Å²) in [5.74, 6) is -0.651. The molecule has 0 aromatic heterocycles. The average molecular weight is 244 g/mol. The topological polar surface area (TPSA) is 52.6 Å². The van der Waals surface area contributed by atoms with Crippen LogP contribution in [0.25, 0.3) is 0 Å². The van der Waals surface area contributed by atoms with Crippen LogP contribution in [-0.2, 0) is 19.1 Å². The maximum atomic E-state index is 11.1. The second-order valence-corrected chi connectivity index (χ2v) is 4.31. The van der Waals surface area contributed by atoms with Crippen LogP contribution in [-0.4, -0.2) is 31.1 Å². The summed E-state index contributed by atoms with van der Waals surface area (Å²) in [5.41, 5.74) is 0. The van der Waals surface area contributed by atoms with Crippen molar-refractivity contribution in [3.8, 4) is 0 Å². The average Bonchev–Trinajstić information content (AvgIpc) is 2.21. The van der Waals surface area contributed by atoms with Gasteiger partial charge in [-0.05, 0) is 20.3 Å². The van der Waals surface area contributed by atoms with E-state index in [1.165, 1.54) is 26.2 Å². The van der Waals surface area contributed by atoms with Gasteiger partial charge in [0.15, 0.2) is 0 Å². The zero-order chi connectivity index (χ0) is 13.1. The lowest BCUT2D eigenvalue weighted by atomic mass is 10.2. The first kappa shape index (κ1) is 16.1. The Bertz CT molecular complexity index is 225. The molecule has 0 aromatic rings. The summed E-state index contributed by atoms with van der Waals surface area (Å²) in [7, 11) is 0. The van der Waals surface area contributed by atoms with Gasteiger partial charge in [-0.25, -0.2) is 0 Å². The van der Waals surface area contributed by atoms with Crippen LogP contribution >= 0.6 is 0 Å². The smallest absolute Gasteiger partial charge is 0.313 e. The minimum absolute atomic E-state index is 0.152. The Balaban J connectivity index is 3.42. The second kappa shape index (κ2) is 10.3. The summed E-state index contributed by atoms with van der Waals surface area (Å²) in [6, 6.07) is 0. The second-order valence-electron chi connectivity index (χ2n) is 4.31. The molecule has 0 bridgehead atoms. The van der Waals surface area contributed by atoms with Crippen molar-refractivity contribution in [1.29, 1.82) is 0 Å². The van der Waals surface area contributed by atoms with Crippen LogP contribution in [0.5, 0.6) is 0 Å². The third-order valence-electron chi connectivity index (χ3n) is 2.22. The predicted molar refractivity (Wildman–Crippen MR) is 65.8 cm³/mol. The van der Waals surface area contributed by atoms with E-state index in [1.807, 2.05) is 0 Å². The standard InChI is InChI=1S/C13H24O4/c1-4-5-6-7-8-16-10-12(3)17-13(15)9-11(2)14/h12H,4-10H2,1-3H3. The van der Waals surface area contributed by atoms with Crippen molar-refractivity contribution in [3.63, 3.8) is 0 Å². The number of ketones is 1. The highest BCUT2D eigenvalue weighted by Gasteiger charge is 2.11. The highest BCUT2D eigenvalue weighted by molar-refractivity contribution is 5.94. The Kier molecular flexibility index (Phi) is 9.72. The first-order valence-corrected chi connectivity index (χ1v) is 6.33. The zero-order valence-corrected chi connectivity index (χ0v) is 11.2. The summed E-state index contributed by atoms with van der Waals surface area (Å²) < 4.78 is 10.4. The highest BCUT2D eigenvalue weighted by Crippen LogP contribution is 2.01. The van der Waals surface area contributed by atoms with Crippen LogP contribution < -0.4 is 0 Å². The number of carbonyl (C=O) groups is 2. The third kappa shape index (κ3) is 11.4. The lowest BCUT2D eigenvalue weighted by Crippen LogP contribution is -2.21. The first-order chi connectivity index (χ1) is 8.06. The summed E-state index contributed by atoms with van der Waals surface area (Å²) in [6.45, 7) is 6.40. The lowest BCUT2D eigenvalue weighted by molar-refractivity contribution is -0.152. The predicted octanol–water partition coefficient (Wildman–Crippen LogP) is 2.49. The van der Waals surface area contributed by atoms with Crippen LogP contribution in [0.1, 0.15) is 52.9 Å². The molecule has 0 aliphatic rings. The van der Waals surface area contributed by atoms with Gasteiger partial charge >= 0.3 is 5.97 Å². The number of rotatable bonds is 10. The van der Waals surface area contributed by atoms with Crippen molar-refractivity contribution < 1.29 is 19.1 Å². The van der Waals surface area contributed by atoms with Gasteiger partial charge in [0.25, 0.3) is 0 Å². The molecule has 1 atom stereocenters. The Labute approximate surface area is 104 Å². The van der Waals surface area contributed by atoms with Gasteiger partial charge in [-0.2, -0.15) is 0 Å². The van der Waals surface area contributed by atoms with E-state index in [-0.39, 0.29) is 18.3 Å². The van der Waals surface area contributed by atoms with Crippen LogP contribution in [0.15, 0.2) is 0 Å². The van der Waals surface area contributed by atoms with Gasteiger partial charge < -0.3 is 9.47 Å².